The van der Waals surface area contributed by atoms with Crippen LogP contribution in [0.25, 0.3) is 11.0 Å². The number of hydrogen-bond acceptors (Lipinski definition) is 4. The van der Waals surface area contributed by atoms with E-state index in [9.17, 15) is 0 Å². The second kappa shape index (κ2) is 7.25. The molecule has 5 heteroatoms. The predicted molar refractivity (Wildman–Crippen MR) is 98.9 cm³/mol. The van der Waals surface area contributed by atoms with Crippen molar-refractivity contribution in [3.63, 3.8) is 0 Å². The van der Waals surface area contributed by atoms with Crippen molar-refractivity contribution < 1.29 is 9.47 Å². The first-order valence-corrected chi connectivity index (χ1v) is 8.71. The monoisotopic (exact) mass is 337 g/mol. The number of pyridine rings is 1. The summed E-state index contributed by atoms with van der Waals surface area (Å²) in [7, 11) is 0. The first kappa shape index (κ1) is 16.1. The standard InChI is InChI=1S/C20H23N3O2/c1-15-10-21-20-19(15)9-17(11-22-20)23-7-8-25-18(12-23)14-24-13-16-5-3-2-4-6-16/h2-6,9-11,18H,7-8,12-14H2,1H3,(H,21,22). The van der Waals surface area contributed by atoms with Gasteiger partial charge in [-0.1, -0.05) is 30.3 Å². The van der Waals surface area contributed by atoms with Crippen LogP contribution in [0.4, 0.5) is 5.69 Å². The normalized spacial score (nSPS) is 18.0. The Morgan fingerprint density at radius 2 is 2.20 bits per heavy atom. The maximum atomic E-state index is 5.87. The number of ether oxygens (including phenoxy) is 2. The second-order valence-electron chi connectivity index (χ2n) is 6.50. The summed E-state index contributed by atoms with van der Waals surface area (Å²) >= 11 is 0. The Morgan fingerprint density at radius 3 is 3.08 bits per heavy atom. The number of fused-ring (bicyclic) bond motifs is 1. The van der Waals surface area contributed by atoms with Crippen molar-refractivity contribution in [3.05, 3.63) is 59.9 Å². The van der Waals surface area contributed by atoms with Gasteiger partial charge in [0.25, 0.3) is 0 Å². The van der Waals surface area contributed by atoms with E-state index in [1.54, 1.807) is 0 Å². The number of nitrogens with one attached hydrogen (secondary N) is 1. The summed E-state index contributed by atoms with van der Waals surface area (Å²) in [5, 5.41) is 1.18. The van der Waals surface area contributed by atoms with Gasteiger partial charge in [-0.2, -0.15) is 0 Å². The number of benzene rings is 1. The highest BCUT2D eigenvalue weighted by molar-refractivity contribution is 5.82. The number of morpholine rings is 1. The summed E-state index contributed by atoms with van der Waals surface area (Å²) in [5.74, 6) is 0. The van der Waals surface area contributed by atoms with Crippen LogP contribution in [0.5, 0.6) is 0 Å². The summed E-state index contributed by atoms with van der Waals surface area (Å²) in [6, 6.07) is 12.4. The molecule has 4 rings (SSSR count). The van der Waals surface area contributed by atoms with Crippen LogP contribution in [-0.4, -0.2) is 42.4 Å². The van der Waals surface area contributed by atoms with Gasteiger partial charge in [0.1, 0.15) is 5.65 Å². The summed E-state index contributed by atoms with van der Waals surface area (Å²) in [6.45, 7) is 5.74. The highest BCUT2D eigenvalue weighted by Crippen LogP contribution is 2.23. The van der Waals surface area contributed by atoms with E-state index in [1.165, 1.54) is 16.5 Å². The number of H-pyrrole nitrogens is 1. The molecule has 0 saturated carbocycles. The average Bonchev–Trinajstić information content (AvgIpc) is 3.03. The van der Waals surface area contributed by atoms with E-state index in [1.807, 2.05) is 30.6 Å². The van der Waals surface area contributed by atoms with Crippen molar-refractivity contribution in [1.82, 2.24) is 9.97 Å². The molecule has 1 saturated heterocycles. The highest BCUT2D eigenvalue weighted by atomic mass is 16.5. The maximum Gasteiger partial charge on any atom is 0.137 e. The molecule has 1 aliphatic rings. The molecule has 0 spiro atoms. The molecular weight excluding hydrogens is 314 g/mol. The number of aromatic nitrogens is 2. The molecule has 1 aromatic carbocycles. The van der Waals surface area contributed by atoms with Crippen LogP contribution >= 0.6 is 0 Å². The number of hydrogen-bond donors (Lipinski definition) is 1. The quantitative estimate of drug-likeness (QED) is 0.776. The van der Waals surface area contributed by atoms with Gasteiger partial charge < -0.3 is 19.4 Å². The van der Waals surface area contributed by atoms with Gasteiger partial charge in [0, 0.05) is 24.7 Å². The first-order valence-electron chi connectivity index (χ1n) is 8.71. The fourth-order valence-electron chi connectivity index (χ4n) is 3.23. The van der Waals surface area contributed by atoms with Crippen molar-refractivity contribution in [3.8, 4) is 0 Å². The van der Waals surface area contributed by atoms with Gasteiger partial charge >= 0.3 is 0 Å². The Kier molecular flexibility index (Phi) is 4.68. The number of anilines is 1. The summed E-state index contributed by atoms with van der Waals surface area (Å²) in [5.41, 5.74) is 4.50. The van der Waals surface area contributed by atoms with Gasteiger partial charge in [-0.3, -0.25) is 0 Å². The van der Waals surface area contributed by atoms with Crippen molar-refractivity contribution in [2.24, 2.45) is 0 Å². The molecule has 3 heterocycles. The molecule has 0 radical (unpaired) electrons. The molecule has 1 N–H and O–H groups in total. The minimum atomic E-state index is 0.0838. The Bertz CT molecular complexity index is 831. The Balaban J connectivity index is 1.37. The minimum Gasteiger partial charge on any atom is -0.374 e. The Hall–Kier alpha value is -2.37. The molecule has 1 fully saturated rings. The number of rotatable bonds is 5. The number of aromatic amines is 1. The molecule has 130 valence electrons. The van der Waals surface area contributed by atoms with Gasteiger partial charge in [-0.05, 0) is 24.1 Å². The van der Waals surface area contributed by atoms with E-state index in [0.29, 0.717) is 19.8 Å². The fourth-order valence-corrected chi connectivity index (χ4v) is 3.23. The zero-order chi connectivity index (χ0) is 17.1. The van der Waals surface area contributed by atoms with Crippen LogP contribution < -0.4 is 4.90 Å². The van der Waals surface area contributed by atoms with Gasteiger partial charge in [0.15, 0.2) is 0 Å². The molecule has 3 aromatic rings. The van der Waals surface area contributed by atoms with E-state index < -0.39 is 0 Å². The zero-order valence-electron chi connectivity index (χ0n) is 14.4. The van der Waals surface area contributed by atoms with Crippen LogP contribution in [0, 0.1) is 6.92 Å². The Morgan fingerprint density at radius 1 is 1.32 bits per heavy atom. The molecule has 25 heavy (non-hydrogen) atoms. The van der Waals surface area contributed by atoms with Crippen LogP contribution in [0.3, 0.4) is 0 Å². The number of aryl methyl sites for hydroxylation is 1. The average molecular weight is 337 g/mol. The zero-order valence-corrected chi connectivity index (χ0v) is 14.4. The van der Waals surface area contributed by atoms with Gasteiger partial charge in [-0.25, -0.2) is 4.98 Å². The smallest absolute Gasteiger partial charge is 0.137 e. The van der Waals surface area contributed by atoms with Gasteiger partial charge in [0.05, 0.1) is 37.8 Å². The highest BCUT2D eigenvalue weighted by Gasteiger charge is 2.21. The van der Waals surface area contributed by atoms with Crippen molar-refractivity contribution in [2.75, 3.05) is 31.2 Å². The van der Waals surface area contributed by atoms with Crippen LogP contribution in [-0.2, 0) is 16.1 Å². The fraction of sp³-hybridized carbons (Fsp3) is 0.350. The van der Waals surface area contributed by atoms with Crippen molar-refractivity contribution >= 4 is 16.7 Å². The topological polar surface area (TPSA) is 50.4 Å². The lowest BCUT2D eigenvalue weighted by Gasteiger charge is -2.34. The largest absolute Gasteiger partial charge is 0.374 e. The van der Waals surface area contributed by atoms with Gasteiger partial charge in [0.2, 0.25) is 0 Å². The van der Waals surface area contributed by atoms with E-state index in [-0.39, 0.29) is 6.10 Å². The van der Waals surface area contributed by atoms with Gasteiger partial charge in [-0.15, -0.1) is 0 Å². The number of nitrogens with zero attached hydrogens (tertiary/aromatic N) is 2. The Labute approximate surface area is 147 Å². The summed E-state index contributed by atoms with van der Waals surface area (Å²) < 4.78 is 11.7. The molecule has 0 aliphatic carbocycles. The van der Waals surface area contributed by atoms with Crippen LogP contribution in [0.1, 0.15) is 11.1 Å². The molecule has 5 nitrogen and oxygen atoms in total. The molecule has 1 unspecified atom stereocenters. The molecular formula is C20H23N3O2. The van der Waals surface area contributed by atoms with Crippen LogP contribution in [0.15, 0.2) is 48.8 Å². The molecule has 1 atom stereocenters. The lowest BCUT2D eigenvalue weighted by atomic mass is 10.2. The van der Waals surface area contributed by atoms with E-state index in [2.05, 4.69) is 40.0 Å². The molecule has 0 amide bonds. The van der Waals surface area contributed by atoms with Crippen molar-refractivity contribution in [1.29, 1.82) is 0 Å². The predicted octanol–water partition coefficient (Wildman–Crippen LogP) is 3.29. The second-order valence-corrected chi connectivity index (χ2v) is 6.50. The SMILES string of the molecule is Cc1c[nH]c2ncc(N3CCOC(COCc4ccccc4)C3)cc12. The maximum absolute atomic E-state index is 5.87. The van der Waals surface area contributed by atoms with E-state index in [4.69, 9.17) is 9.47 Å². The molecule has 1 aliphatic heterocycles. The van der Waals surface area contributed by atoms with Crippen molar-refractivity contribution in [2.45, 2.75) is 19.6 Å². The van der Waals surface area contributed by atoms with E-state index >= 15 is 0 Å². The summed E-state index contributed by atoms with van der Waals surface area (Å²) in [6.07, 6.45) is 4.02. The first-order chi connectivity index (χ1) is 12.3. The van der Waals surface area contributed by atoms with Crippen LogP contribution in [0.2, 0.25) is 0 Å². The third-order valence-electron chi connectivity index (χ3n) is 4.64. The lowest BCUT2D eigenvalue weighted by Crippen LogP contribution is -2.44. The third-order valence-corrected chi connectivity index (χ3v) is 4.64. The molecule has 0 bridgehead atoms. The molecule has 2 aromatic heterocycles. The van der Waals surface area contributed by atoms with E-state index in [0.717, 1.165) is 24.4 Å². The third kappa shape index (κ3) is 3.67. The summed E-state index contributed by atoms with van der Waals surface area (Å²) in [4.78, 5) is 10.1. The minimum absolute atomic E-state index is 0.0838. The lowest BCUT2D eigenvalue weighted by molar-refractivity contribution is -0.0283.